The molecule has 0 spiro atoms. The number of halogens is 1. The Balaban J connectivity index is 3.19. The number of nitriles is 1. The summed E-state index contributed by atoms with van der Waals surface area (Å²) in [5.41, 5.74) is -0.647. The molecule has 1 rings (SSSR count). The van der Waals surface area contributed by atoms with Crippen LogP contribution in [0.1, 0.15) is 23.7 Å². The second-order valence-corrected chi connectivity index (χ2v) is 3.41. The van der Waals surface area contributed by atoms with Gasteiger partial charge in [0.2, 0.25) is 0 Å². The average molecular weight is 236 g/mol. The zero-order valence-electron chi connectivity index (χ0n) is 9.01. The Labute approximate surface area is 96.6 Å². The quantitative estimate of drug-likeness (QED) is 0.456. The van der Waals surface area contributed by atoms with Gasteiger partial charge in [0, 0.05) is 11.6 Å². The largest absolute Gasteiger partial charge is 0.293 e. The Bertz CT molecular complexity index is 508. The molecule has 1 aromatic carbocycles. The molecule has 17 heavy (non-hydrogen) atoms. The summed E-state index contributed by atoms with van der Waals surface area (Å²) in [5.74, 6) is -2.37. The van der Waals surface area contributed by atoms with Gasteiger partial charge in [-0.1, -0.05) is 6.92 Å². The third-order valence-corrected chi connectivity index (χ3v) is 2.26. The minimum Gasteiger partial charge on any atom is -0.293 e. The summed E-state index contributed by atoms with van der Waals surface area (Å²) in [5, 5.41) is 19.2. The Morgan fingerprint density at radius 2 is 2.24 bits per heavy atom. The third kappa shape index (κ3) is 2.84. The molecule has 0 bridgehead atoms. The highest BCUT2D eigenvalue weighted by Crippen LogP contribution is 2.19. The van der Waals surface area contributed by atoms with Crippen molar-refractivity contribution >= 4 is 11.5 Å². The maximum absolute atomic E-state index is 13.1. The monoisotopic (exact) mass is 236 g/mol. The fourth-order valence-corrected chi connectivity index (χ4v) is 1.36. The van der Waals surface area contributed by atoms with Gasteiger partial charge in [-0.05, 0) is 12.5 Å². The Morgan fingerprint density at radius 3 is 2.71 bits per heavy atom. The van der Waals surface area contributed by atoms with Crippen molar-refractivity contribution in [3.05, 3.63) is 39.7 Å². The van der Waals surface area contributed by atoms with Crippen molar-refractivity contribution in [2.75, 3.05) is 0 Å². The van der Waals surface area contributed by atoms with Gasteiger partial charge in [0.25, 0.3) is 5.69 Å². The Kier molecular flexibility index (Phi) is 3.88. The molecule has 0 heterocycles. The lowest BCUT2D eigenvalue weighted by Gasteiger charge is -2.05. The number of Topliss-reactive ketones (excluding diaryl/α,β-unsaturated/α-hetero) is 1. The van der Waals surface area contributed by atoms with Gasteiger partial charge in [-0.25, -0.2) is 4.39 Å². The first-order valence-electron chi connectivity index (χ1n) is 4.88. The number of hydrogen-bond acceptors (Lipinski definition) is 4. The first kappa shape index (κ1) is 12.8. The van der Waals surface area contributed by atoms with E-state index in [1.165, 1.54) is 0 Å². The maximum atomic E-state index is 13.1. The van der Waals surface area contributed by atoms with E-state index in [-0.39, 0.29) is 12.0 Å². The lowest BCUT2D eigenvalue weighted by molar-refractivity contribution is -0.385. The van der Waals surface area contributed by atoms with E-state index >= 15 is 0 Å². The highest BCUT2D eigenvalue weighted by molar-refractivity contribution is 5.99. The van der Waals surface area contributed by atoms with Gasteiger partial charge in [0.15, 0.2) is 5.78 Å². The molecule has 0 saturated heterocycles. The second kappa shape index (κ2) is 5.16. The van der Waals surface area contributed by atoms with Gasteiger partial charge >= 0.3 is 0 Å². The molecule has 1 atom stereocenters. The van der Waals surface area contributed by atoms with Gasteiger partial charge in [-0.2, -0.15) is 5.26 Å². The molecule has 5 nitrogen and oxygen atoms in total. The third-order valence-electron chi connectivity index (χ3n) is 2.26. The molecule has 0 aliphatic heterocycles. The molecule has 6 heteroatoms. The van der Waals surface area contributed by atoms with E-state index < -0.39 is 28.1 Å². The minimum atomic E-state index is -0.906. The minimum absolute atomic E-state index is 0.148. The summed E-state index contributed by atoms with van der Waals surface area (Å²) in [6.45, 7) is 1.64. The van der Waals surface area contributed by atoms with E-state index in [4.69, 9.17) is 5.26 Å². The first-order chi connectivity index (χ1) is 7.99. The van der Waals surface area contributed by atoms with Crippen LogP contribution < -0.4 is 0 Å². The molecule has 1 unspecified atom stereocenters. The summed E-state index contributed by atoms with van der Waals surface area (Å²) in [7, 11) is 0. The first-order valence-corrected chi connectivity index (χ1v) is 4.88. The summed E-state index contributed by atoms with van der Waals surface area (Å²) >= 11 is 0. The SMILES string of the molecule is CCC(C#N)C(=O)c1cc(F)cc([N+](=O)[O-])c1. The predicted octanol–water partition coefficient (Wildman–Crippen LogP) is 2.47. The average Bonchev–Trinajstić information content (AvgIpc) is 2.29. The molecule has 0 fully saturated rings. The molecule has 0 N–H and O–H groups in total. The topological polar surface area (TPSA) is 84.0 Å². The zero-order chi connectivity index (χ0) is 13.0. The smallest absolute Gasteiger partial charge is 0.273 e. The molecule has 0 radical (unpaired) electrons. The number of hydrogen-bond donors (Lipinski definition) is 0. The van der Waals surface area contributed by atoms with Crippen LogP contribution in [0.4, 0.5) is 10.1 Å². The Morgan fingerprint density at radius 1 is 1.59 bits per heavy atom. The summed E-state index contributed by atoms with van der Waals surface area (Å²) in [4.78, 5) is 21.4. The van der Waals surface area contributed by atoms with E-state index in [9.17, 15) is 19.3 Å². The molecule has 0 aliphatic rings. The molecular formula is C11H9FN2O3. The van der Waals surface area contributed by atoms with Crippen molar-refractivity contribution in [1.82, 2.24) is 0 Å². The number of non-ortho nitro benzene ring substituents is 1. The fraction of sp³-hybridized carbons (Fsp3) is 0.273. The van der Waals surface area contributed by atoms with E-state index in [2.05, 4.69) is 0 Å². The van der Waals surface area contributed by atoms with Gasteiger partial charge in [0.1, 0.15) is 11.7 Å². The normalized spacial score (nSPS) is 11.6. The van der Waals surface area contributed by atoms with Crippen molar-refractivity contribution < 1.29 is 14.1 Å². The maximum Gasteiger partial charge on any atom is 0.273 e. The number of nitrogens with zero attached hydrogens (tertiary/aromatic N) is 2. The van der Waals surface area contributed by atoms with Crippen LogP contribution in [-0.2, 0) is 0 Å². The second-order valence-electron chi connectivity index (χ2n) is 3.41. The van der Waals surface area contributed by atoms with Crippen LogP contribution >= 0.6 is 0 Å². The van der Waals surface area contributed by atoms with E-state index in [1.807, 2.05) is 0 Å². The molecule has 0 saturated carbocycles. The lowest BCUT2D eigenvalue weighted by Crippen LogP contribution is -2.12. The van der Waals surface area contributed by atoms with Crippen LogP contribution in [0.2, 0.25) is 0 Å². The van der Waals surface area contributed by atoms with Crippen molar-refractivity contribution in [2.45, 2.75) is 13.3 Å². The molecule has 1 aromatic rings. The van der Waals surface area contributed by atoms with Crippen molar-refractivity contribution in [2.24, 2.45) is 5.92 Å². The summed E-state index contributed by atoms with van der Waals surface area (Å²) < 4.78 is 13.1. The fourth-order valence-electron chi connectivity index (χ4n) is 1.36. The van der Waals surface area contributed by atoms with Crippen molar-refractivity contribution in [1.29, 1.82) is 5.26 Å². The number of carbonyl (C=O) groups is 1. The standard InChI is InChI=1S/C11H9FN2O3/c1-2-7(6-13)11(15)8-3-9(12)5-10(4-8)14(16)17/h3-5,7H,2H2,1H3. The van der Waals surface area contributed by atoms with Gasteiger partial charge in [-0.3, -0.25) is 14.9 Å². The zero-order valence-corrected chi connectivity index (χ0v) is 9.01. The van der Waals surface area contributed by atoms with Crippen molar-refractivity contribution in [3.8, 4) is 6.07 Å². The van der Waals surface area contributed by atoms with Gasteiger partial charge in [0.05, 0.1) is 17.1 Å². The molecule has 88 valence electrons. The van der Waals surface area contributed by atoms with Crippen LogP contribution in [0, 0.1) is 33.2 Å². The lowest BCUT2D eigenvalue weighted by atomic mass is 9.96. The number of ketones is 1. The summed E-state index contributed by atoms with van der Waals surface area (Å²) in [6.07, 6.45) is 0.277. The van der Waals surface area contributed by atoms with E-state index in [0.29, 0.717) is 0 Å². The van der Waals surface area contributed by atoms with Gasteiger partial charge in [-0.15, -0.1) is 0 Å². The Hall–Kier alpha value is -2.29. The number of carbonyl (C=O) groups excluding carboxylic acids is 1. The van der Waals surface area contributed by atoms with Crippen LogP contribution in [0.5, 0.6) is 0 Å². The van der Waals surface area contributed by atoms with E-state index in [0.717, 1.165) is 18.2 Å². The highest BCUT2D eigenvalue weighted by Gasteiger charge is 2.21. The number of nitro benzene ring substituents is 1. The van der Waals surface area contributed by atoms with Crippen LogP contribution in [0.15, 0.2) is 18.2 Å². The molecule has 0 aromatic heterocycles. The highest BCUT2D eigenvalue weighted by atomic mass is 19.1. The predicted molar refractivity (Wildman–Crippen MR) is 56.8 cm³/mol. The molecule has 0 amide bonds. The summed E-state index contributed by atoms with van der Waals surface area (Å²) in [6, 6.07) is 4.38. The molecular weight excluding hydrogens is 227 g/mol. The molecule has 0 aliphatic carbocycles. The van der Waals surface area contributed by atoms with Gasteiger partial charge < -0.3 is 0 Å². The number of benzene rings is 1. The van der Waals surface area contributed by atoms with Crippen LogP contribution in [-0.4, -0.2) is 10.7 Å². The van der Waals surface area contributed by atoms with Crippen LogP contribution in [0.25, 0.3) is 0 Å². The number of nitro groups is 1. The van der Waals surface area contributed by atoms with Crippen molar-refractivity contribution in [3.63, 3.8) is 0 Å². The van der Waals surface area contributed by atoms with Crippen LogP contribution in [0.3, 0.4) is 0 Å². The van der Waals surface area contributed by atoms with E-state index in [1.54, 1.807) is 13.0 Å². The number of rotatable bonds is 4.